The zero-order chi connectivity index (χ0) is 30.6. The van der Waals surface area contributed by atoms with Gasteiger partial charge < -0.3 is 39.5 Å². The van der Waals surface area contributed by atoms with Gasteiger partial charge in [0.2, 0.25) is 0 Å². The predicted octanol–water partition coefficient (Wildman–Crippen LogP) is 5.63. The maximum absolute atomic E-state index is 13.5. The summed E-state index contributed by atoms with van der Waals surface area (Å²) in [6.07, 6.45) is 2.84. The highest BCUT2D eigenvalue weighted by atomic mass is 16.7. The first-order valence-corrected chi connectivity index (χ1v) is 15.8. The van der Waals surface area contributed by atoms with E-state index in [0.29, 0.717) is 67.2 Å². The van der Waals surface area contributed by atoms with E-state index in [1.807, 2.05) is 35.2 Å². The molecule has 1 aliphatic carbocycles. The molecule has 3 N–H and O–H groups in total. The third kappa shape index (κ3) is 7.10. The standard InChI is InChI=1S/C33H43N5O6/c1-20(2)11-13-38(32(39)35-24-9-10-27-26(18-24)37-31(34-3)43-27)14-12-25(15-21-7-5-4-6-8-21)36-33(40)44-29-23-16-22-17-28(29)42-30(22)41-19-23/h4-10,18,20,22-23,25,28-30H,11-17,19H2,1-3H3,(H,34,37)(H,35,39)(H,36,40)/t22?,23?,25-,28?,29?,30?/m1/s1. The van der Waals surface area contributed by atoms with Crippen molar-refractivity contribution in [3.05, 3.63) is 54.1 Å². The van der Waals surface area contributed by atoms with Gasteiger partial charge in [-0.3, -0.25) is 0 Å². The van der Waals surface area contributed by atoms with Crippen LogP contribution in [0.5, 0.6) is 0 Å². The molecule has 2 saturated heterocycles. The quantitative estimate of drug-likeness (QED) is 0.243. The lowest BCUT2D eigenvalue weighted by Crippen LogP contribution is -2.48. The van der Waals surface area contributed by atoms with Crippen LogP contribution < -0.4 is 16.0 Å². The molecule has 2 aliphatic heterocycles. The summed E-state index contributed by atoms with van der Waals surface area (Å²) >= 11 is 0. The van der Waals surface area contributed by atoms with E-state index in [1.165, 1.54) is 0 Å². The van der Waals surface area contributed by atoms with Crippen LogP contribution in [-0.4, -0.2) is 73.3 Å². The molecule has 1 aromatic heterocycles. The Hall–Kier alpha value is -3.83. The van der Waals surface area contributed by atoms with E-state index < -0.39 is 6.09 Å². The highest BCUT2D eigenvalue weighted by molar-refractivity contribution is 5.91. The molecule has 2 aromatic carbocycles. The van der Waals surface area contributed by atoms with Crippen molar-refractivity contribution >= 4 is 34.9 Å². The first kappa shape index (κ1) is 30.2. The Morgan fingerprint density at radius 1 is 1.07 bits per heavy atom. The van der Waals surface area contributed by atoms with Crippen molar-refractivity contribution in [2.24, 2.45) is 17.8 Å². The second-order valence-electron chi connectivity index (χ2n) is 12.6. The van der Waals surface area contributed by atoms with E-state index in [-0.39, 0.29) is 36.5 Å². The lowest BCUT2D eigenvalue weighted by molar-refractivity contribution is -0.153. The molecule has 1 saturated carbocycles. The third-order valence-corrected chi connectivity index (χ3v) is 8.89. The molecule has 3 amide bonds. The molecule has 11 heteroatoms. The van der Waals surface area contributed by atoms with Crippen LogP contribution in [0.4, 0.5) is 21.3 Å². The SMILES string of the molecule is CNc1nc2cc(NC(=O)N(CCC(C)C)CC[C@H](Cc3ccccc3)NC(=O)OC3C4COC5OC3CC5C4)ccc2o1. The van der Waals surface area contributed by atoms with Gasteiger partial charge in [0.25, 0.3) is 6.01 Å². The largest absolute Gasteiger partial charge is 0.443 e. The fourth-order valence-electron chi connectivity index (χ4n) is 6.53. The Labute approximate surface area is 258 Å². The average Bonchev–Trinajstić information content (AvgIpc) is 3.56. The molecule has 6 rings (SSSR count). The molecular weight excluding hydrogens is 562 g/mol. The number of rotatable bonds is 12. The van der Waals surface area contributed by atoms with Gasteiger partial charge in [-0.25, -0.2) is 9.59 Å². The Kier molecular flexibility index (Phi) is 9.22. The minimum atomic E-state index is -0.451. The zero-order valence-corrected chi connectivity index (χ0v) is 25.7. The molecule has 3 fully saturated rings. The van der Waals surface area contributed by atoms with Gasteiger partial charge in [0.1, 0.15) is 11.6 Å². The van der Waals surface area contributed by atoms with Crippen molar-refractivity contribution in [3.8, 4) is 0 Å². The first-order chi connectivity index (χ1) is 21.3. The molecule has 44 heavy (non-hydrogen) atoms. The second-order valence-corrected chi connectivity index (χ2v) is 12.6. The molecule has 11 nitrogen and oxygen atoms in total. The number of carbonyl (C=O) groups excluding carboxylic acids is 2. The summed E-state index contributed by atoms with van der Waals surface area (Å²) in [6.45, 7) is 5.89. The number of hydrogen-bond acceptors (Lipinski definition) is 8. The third-order valence-electron chi connectivity index (χ3n) is 8.89. The average molecular weight is 606 g/mol. The lowest BCUT2D eigenvalue weighted by atomic mass is 9.78. The first-order valence-electron chi connectivity index (χ1n) is 15.8. The number of hydrogen-bond donors (Lipinski definition) is 3. The van der Waals surface area contributed by atoms with Gasteiger partial charge in [-0.1, -0.05) is 44.2 Å². The fourth-order valence-corrected chi connectivity index (χ4v) is 6.53. The maximum Gasteiger partial charge on any atom is 0.407 e. The van der Waals surface area contributed by atoms with Crippen molar-refractivity contribution in [1.29, 1.82) is 0 Å². The van der Waals surface area contributed by atoms with Crippen molar-refractivity contribution in [2.45, 2.75) is 70.5 Å². The maximum atomic E-state index is 13.5. The normalized spacial score (nSPS) is 24.3. The number of nitrogens with zero attached hydrogens (tertiary/aromatic N) is 2. The Morgan fingerprint density at radius 2 is 1.89 bits per heavy atom. The number of oxazole rings is 1. The zero-order valence-electron chi connectivity index (χ0n) is 25.7. The molecule has 6 atom stereocenters. The molecule has 236 valence electrons. The predicted molar refractivity (Wildman–Crippen MR) is 166 cm³/mol. The summed E-state index contributed by atoms with van der Waals surface area (Å²) in [4.78, 5) is 33.0. The lowest BCUT2D eigenvalue weighted by Gasteiger charge is -2.36. The Balaban J connectivity index is 1.12. The minimum absolute atomic E-state index is 0.110. The van der Waals surface area contributed by atoms with E-state index in [9.17, 15) is 9.59 Å². The van der Waals surface area contributed by atoms with Crippen molar-refractivity contribution in [3.63, 3.8) is 0 Å². The van der Waals surface area contributed by atoms with E-state index in [1.54, 1.807) is 25.2 Å². The summed E-state index contributed by atoms with van der Waals surface area (Å²) in [5.74, 6) is 0.989. The molecule has 0 radical (unpaired) electrons. The minimum Gasteiger partial charge on any atom is -0.443 e. The van der Waals surface area contributed by atoms with Crippen molar-refractivity contribution in [2.75, 3.05) is 37.4 Å². The van der Waals surface area contributed by atoms with Crippen LogP contribution in [0, 0.1) is 17.8 Å². The van der Waals surface area contributed by atoms with Crippen LogP contribution in [0.2, 0.25) is 0 Å². The van der Waals surface area contributed by atoms with E-state index in [0.717, 1.165) is 24.8 Å². The van der Waals surface area contributed by atoms with Gasteiger partial charge in [0.05, 0.1) is 12.7 Å². The molecule has 5 unspecified atom stereocenters. The highest BCUT2D eigenvalue weighted by Gasteiger charge is 2.53. The number of anilines is 2. The second kappa shape index (κ2) is 13.4. The number of fused-ring (bicyclic) bond motifs is 3. The summed E-state index contributed by atoms with van der Waals surface area (Å²) in [5, 5.41) is 9.05. The van der Waals surface area contributed by atoms with Crippen molar-refractivity contribution in [1.82, 2.24) is 15.2 Å². The highest BCUT2D eigenvalue weighted by Crippen LogP contribution is 2.46. The fraction of sp³-hybridized carbons (Fsp3) is 0.545. The number of nitrogens with one attached hydrogen (secondary N) is 3. The van der Waals surface area contributed by atoms with Gasteiger partial charge in [-0.2, -0.15) is 4.98 Å². The number of carbonyl (C=O) groups is 2. The van der Waals surface area contributed by atoms with E-state index in [2.05, 4.69) is 34.8 Å². The molecule has 3 aromatic rings. The van der Waals surface area contributed by atoms with Gasteiger partial charge in [-0.15, -0.1) is 0 Å². The molecule has 3 aliphatic rings. The van der Waals surface area contributed by atoms with E-state index >= 15 is 0 Å². The molecule has 0 spiro atoms. The topological polar surface area (TPSA) is 127 Å². The van der Waals surface area contributed by atoms with Crippen LogP contribution in [0.1, 0.15) is 45.1 Å². The summed E-state index contributed by atoms with van der Waals surface area (Å²) in [6, 6.07) is 15.4. The van der Waals surface area contributed by atoms with Crippen LogP contribution in [0.25, 0.3) is 11.1 Å². The number of amides is 3. The monoisotopic (exact) mass is 605 g/mol. The van der Waals surface area contributed by atoms with Gasteiger partial charge in [0.15, 0.2) is 11.9 Å². The van der Waals surface area contributed by atoms with Crippen LogP contribution in [0.15, 0.2) is 52.9 Å². The Morgan fingerprint density at radius 3 is 2.68 bits per heavy atom. The number of alkyl carbamates (subject to hydrolysis) is 1. The number of benzene rings is 2. The number of aromatic nitrogens is 1. The van der Waals surface area contributed by atoms with Gasteiger partial charge >= 0.3 is 12.1 Å². The van der Waals surface area contributed by atoms with Crippen molar-refractivity contribution < 1.29 is 28.2 Å². The number of urea groups is 1. The Bertz CT molecular complexity index is 1420. The van der Waals surface area contributed by atoms with E-state index in [4.69, 9.17) is 18.6 Å². The van der Waals surface area contributed by atoms with Crippen LogP contribution in [0.3, 0.4) is 0 Å². The smallest absolute Gasteiger partial charge is 0.407 e. The molecular formula is C33H43N5O6. The molecule has 3 heterocycles. The molecule has 3 bridgehead atoms. The van der Waals surface area contributed by atoms with Gasteiger partial charge in [-0.05, 0) is 61.8 Å². The van der Waals surface area contributed by atoms with Gasteiger partial charge in [0, 0.05) is 43.7 Å². The summed E-state index contributed by atoms with van der Waals surface area (Å²) in [7, 11) is 1.74. The van der Waals surface area contributed by atoms with Crippen LogP contribution >= 0.6 is 0 Å². The number of ether oxygens (including phenoxy) is 3. The van der Waals surface area contributed by atoms with Crippen LogP contribution in [-0.2, 0) is 20.6 Å². The summed E-state index contributed by atoms with van der Waals surface area (Å²) < 4.78 is 23.5. The summed E-state index contributed by atoms with van der Waals surface area (Å²) in [5.41, 5.74) is 3.03.